The van der Waals surface area contributed by atoms with Crippen LogP contribution in [0.5, 0.6) is 0 Å². The van der Waals surface area contributed by atoms with Crippen LogP contribution in [0.25, 0.3) is 0 Å². The lowest BCUT2D eigenvalue weighted by molar-refractivity contribution is 0.751. The Morgan fingerprint density at radius 2 is 1.37 bits per heavy atom. The van der Waals surface area contributed by atoms with Crippen molar-refractivity contribution < 1.29 is 0 Å². The Kier molecular flexibility index (Phi) is 8.38. The number of unbranched alkanes of at least 4 members (excludes halogenated alkanes) is 2. The molecular formula is C15H26N2S2. The van der Waals surface area contributed by atoms with E-state index in [1.165, 1.54) is 29.9 Å². The van der Waals surface area contributed by atoms with Crippen molar-refractivity contribution in [2.24, 2.45) is 0 Å². The Balaban J connectivity index is 2.72. The van der Waals surface area contributed by atoms with Crippen molar-refractivity contribution in [1.29, 1.82) is 0 Å². The molecule has 108 valence electrons. The fourth-order valence-corrected chi connectivity index (χ4v) is 2.43. The average Bonchev–Trinajstić information content (AvgIpc) is 2.39. The number of aryl methyl sites for hydroxylation is 2. The van der Waals surface area contributed by atoms with E-state index < -0.39 is 0 Å². The van der Waals surface area contributed by atoms with Gasteiger partial charge in [-0.2, -0.15) is 25.3 Å². The highest BCUT2D eigenvalue weighted by molar-refractivity contribution is 7.80. The van der Waals surface area contributed by atoms with E-state index in [2.05, 4.69) is 56.4 Å². The number of pyridine rings is 1. The number of hydrogen-bond acceptors (Lipinski definition) is 4. The second-order valence-corrected chi connectivity index (χ2v) is 5.96. The van der Waals surface area contributed by atoms with Gasteiger partial charge in [0.25, 0.3) is 0 Å². The summed E-state index contributed by atoms with van der Waals surface area (Å²) < 4.78 is 0. The van der Waals surface area contributed by atoms with Gasteiger partial charge in [0.15, 0.2) is 0 Å². The highest BCUT2D eigenvalue weighted by atomic mass is 32.1. The van der Waals surface area contributed by atoms with Crippen LogP contribution in [-0.4, -0.2) is 30.6 Å². The van der Waals surface area contributed by atoms with Gasteiger partial charge in [-0.25, -0.2) is 0 Å². The van der Waals surface area contributed by atoms with Gasteiger partial charge in [-0.15, -0.1) is 0 Å². The first-order valence-electron chi connectivity index (χ1n) is 7.06. The first-order chi connectivity index (χ1) is 9.17. The standard InChI is InChI=1S/C15H26N2S2/c1-17(2)15-11-13(7-3-5-9-18)16-14(12-15)8-4-6-10-19/h11-12,18-19H,3-10H2,1-2H3. The van der Waals surface area contributed by atoms with Crippen molar-refractivity contribution in [1.82, 2.24) is 4.98 Å². The summed E-state index contributed by atoms with van der Waals surface area (Å²) in [6.45, 7) is 0. The second kappa shape index (κ2) is 9.54. The van der Waals surface area contributed by atoms with E-state index in [0.29, 0.717) is 0 Å². The van der Waals surface area contributed by atoms with Crippen LogP contribution in [0.15, 0.2) is 12.1 Å². The Labute approximate surface area is 128 Å². The van der Waals surface area contributed by atoms with Gasteiger partial charge in [-0.05, 0) is 62.2 Å². The van der Waals surface area contributed by atoms with Gasteiger partial charge in [0.1, 0.15) is 0 Å². The molecule has 0 radical (unpaired) electrons. The first-order valence-corrected chi connectivity index (χ1v) is 8.32. The quantitative estimate of drug-likeness (QED) is 0.535. The summed E-state index contributed by atoms with van der Waals surface area (Å²) >= 11 is 8.52. The molecule has 0 fully saturated rings. The lowest BCUT2D eigenvalue weighted by atomic mass is 10.1. The molecule has 19 heavy (non-hydrogen) atoms. The number of thiol groups is 2. The van der Waals surface area contributed by atoms with Gasteiger partial charge in [0.2, 0.25) is 0 Å². The van der Waals surface area contributed by atoms with Crippen molar-refractivity contribution >= 4 is 30.9 Å². The van der Waals surface area contributed by atoms with Gasteiger partial charge < -0.3 is 4.90 Å². The SMILES string of the molecule is CN(C)c1cc(CCCCS)nc(CCCCS)c1. The number of hydrogen-bond donors (Lipinski definition) is 2. The third-order valence-corrected chi connectivity index (χ3v) is 3.75. The molecule has 0 unspecified atom stereocenters. The van der Waals surface area contributed by atoms with Crippen molar-refractivity contribution in [3.63, 3.8) is 0 Å². The van der Waals surface area contributed by atoms with Crippen LogP contribution in [-0.2, 0) is 12.8 Å². The molecule has 0 saturated carbocycles. The molecule has 0 spiro atoms. The molecule has 0 aliphatic carbocycles. The Morgan fingerprint density at radius 1 is 0.895 bits per heavy atom. The molecule has 0 saturated heterocycles. The van der Waals surface area contributed by atoms with Crippen LogP contribution in [0.4, 0.5) is 5.69 Å². The lowest BCUT2D eigenvalue weighted by Crippen LogP contribution is -2.11. The van der Waals surface area contributed by atoms with Gasteiger partial charge >= 0.3 is 0 Å². The molecule has 1 heterocycles. The van der Waals surface area contributed by atoms with Crippen LogP contribution >= 0.6 is 25.3 Å². The number of aromatic nitrogens is 1. The minimum absolute atomic E-state index is 0.960. The van der Waals surface area contributed by atoms with Crippen molar-refractivity contribution in [2.75, 3.05) is 30.5 Å². The maximum Gasteiger partial charge on any atom is 0.0427 e. The molecule has 0 atom stereocenters. The Bertz CT molecular complexity index is 339. The zero-order valence-corrected chi connectivity index (χ0v) is 13.9. The fourth-order valence-electron chi connectivity index (χ4n) is 1.98. The van der Waals surface area contributed by atoms with Crippen molar-refractivity contribution in [2.45, 2.75) is 38.5 Å². The summed E-state index contributed by atoms with van der Waals surface area (Å²) in [5.74, 6) is 1.92. The van der Waals surface area contributed by atoms with E-state index >= 15 is 0 Å². The fraction of sp³-hybridized carbons (Fsp3) is 0.667. The smallest absolute Gasteiger partial charge is 0.0427 e. The Hall–Kier alpha value is -0.350. The summed E-state index contributed by atoms with van der Waals surface area (Å²) in [6.07, 6.45) is 6.77. The molecule has 4 heteroatoms. The van der Waals surface area contributed by atoms with E-state index in [9.17, 15) is 0 Å². The highest BCUT2D eigenvalue weighted by Gasteiger charge is 2.05. The molecule has 0 aliphatic heterocycles. The summed E-state index contributed by atoms with van der Waals surface area (Å²) in [6, 6.07) is 4.42. The predicted molar refractivity (Wildman–Crippen MR) is 92.1 cm³/mol. The zero-order valence-electron chi connectivity index (χ0n) is 12.1. The van der Waals surface area contributed by atoms with Crippen molar-refractivity contribution in [3.8, 4) is 0 Å². The number of anilines is 1. The summed E-state index contributed by atoms with van der Waals surface area (Å²) in [7, 11) is 4.18. The average molecular weight is 299 g/mol. The van der Waals surface area contributed by atoms with Crippen LogP contribution in [0.3, 0.4) is 0 Å². The largest absolute Gasteiger partial charge is 0.378 e. The van der Waals surface area contributed by atoms with E-state index in [1.807, 2.05) is 0 Å². The molecule has 1 rings (SSSR count). The number of rotatable bonds is 9. The molecule has 0 N–H and O–H groups in total. The number of nitrogens with zero attached hydrogens (tertiary/aromatic N) is 2. The second-order valence-electron chi connectivity index (χ2n) is 5.06. The summed E-state index contributed by atoms with van der Waals surface area (Å²) in [5.41, 5.74) is 3.69. The molecule has 0 aliphatic rings. The third-order valence-electron chi connectivity index (χ3n) is 3.11. The minimum atomic E-state index is 0.960. The molecule has 0 aromatic carbocycles. The highest BCUT2D eigenvalue weighted by Crippen LogP contribution is 2.17. The van der Waals surface area contributed by atoms with E-state index in [-0.39, 0.29) is 0 Å². The predicted octanol–water partition coefficient (Wildman–Crippen LogP) is 3.65. The summed E-state index contributed by atoms with van der Waals surface area (Å²) in [5, 5.41) is 0. The summed E-state index contributed by atoms with van der Waals surface area (Å²) in [4.78, 5) is 6.94. The van der Waals surface area contributed by atoms with E-state index in [0.717, 1.165) is 37.2 Å². The van der Waals surface area contributed by atoms with Crippen LogP contribution in [0.1, 0.15) is 37.1 Å². The van der Waals surface area contributed by atoms with E-state index in [1.54, 1.807) is 0 Å². The molecule has 1 aromatic rings. The maximum atomic E-state index is 4.78. The van der Waals surface area contributed by atoms with Gasteiger partial charge in [0, 0.05) is 31.2 Å². The normalized spacial score (nSPS) is 10.7. The zero-order chi connectivity index (χ0) is 14.1. The maximum absolute atomic E-state index is 4.78. The van der Waals surface area contributed by atoms with Crippen LogP contribution in [0.2, 0.25) is 0 Å². The molecule has 2 nitrogen and oxygen atoms in total. The molecular weight excluding hydrogens is 272 g/mol. The monoisotopic (exact) mass is 298 g/mol. The van der Waals surface area contributed by atoms with Crippen LogP contribution < -0.4 is 4.90 Å². The van der Waals surface area contributed by atoms with Crippen molar-refractivity contribution in [3.05, 3.63) is 23.5 Å². The topological polar surface area (TPSA) is 16.1 Å². The molecule has 0 bridgehead atoms. The van der Waals surface area contributed by atoms with Gasteiger partial charge in [-0.1, -0.05) is 0 Å². The molecule has 1 aromatic heterocycles. The third kappa shape index (κ3) is 6.57. The van der Waals surface area contributed by atoms with E-state index in [4.69, 9.17) is 4.98 Å². The minimum Gasteiger partial charge on any atom is -0.378 e. The van der Waals surface area contributed by atoms with Gasteiger partial charge in [0.05, 0.1) is 0 Å². The lowest BCUT2D eigenvalue weighted by Gasteiger charge is -2.15. The van der Waals surface area contributed by atoms with Gasteiger partial charge in [-0.3, -0.25) is 4.98 Å². The first kappa shape index (κ1) is 16.7. The molecule has 0 amide bonds. The van der Waals surface area contributed by atoms with Crippen LogP contribution in [0, 0.1) is 0 Å². The Morgan fingerprint density at radius 3 is 1.74 bits per heavy atom.